The minimum atomic E-state index is -1.19. The highest BCUT2D eigenvalue weighted by molar-refractivity contribution is 8.00. The van der Waals surface area contributed by atoms with E-state index >= 15 is 0 Å². The molecule has 0 saturated carbocycles. The Hall–Kier alpha value is -4.57. The van der Waals surface area contributed by atoms with Crippen LogP contribution in [-0.2, 0) is 11.8 Å². The van der Waals surface area contributed by atoms with Crippen molar-refractivity contribution in [2.24, 2.45) is 7.05 Å². The number of thioether (sulfide) groups is 1. The van der Waals surface area contributed by atoms with E-state index in [2.05, 4.69) is 10.6 Å². The van der Waals surface area contributed by atoms with Crippen molar-refractivity contribution in [1.29, 1.82) is 0 Å². The summed E-state index contributed by atoms with van der Waals surface area (Å²) in [6.07, 6.45) is 0. The van der Waals surface area contributed by atoms with Gasteiger partial charge in [0, 0.05) is 17.6 Å². The summed E-state index contributed by atoms with van der Waals surface area (Å²) in [7, 11) is 1.75. The van der Waals surface area contributed by atoms with Gasteiger partial charge in [-0.3, -0.25) is 19.1 Å². The van der Waals surface area contributed by atoms with E-state index in [1.54, 1.807) is 55.1 Å². The Morgan fingerprint density at radius 2 is 1.57 bits per heavy atom. The third kappa shape index (κ3) is 5.65. The lowest BCUT2D eigenvalue weighted by Crippen LogP contribution is -2.23. The van der Waals surface area contributed by atoms with E-state index in [9.17, 15) is 24.3 Å². The molecule has 0 atom stereocenters. The zero-order valence-electron chi connectivity index (χ0n) is 20.1. The first kappa shape index (κ1) is 25.5. The van der Waals surface area contributed by atoms with Crippen LogP contribution < -0.4 is 16.2 Å². The van der Waals surface area contributed by atoms with E-state index in [0.717, 1.165) is 0 Å². The van der Waals surface area contributed by atoms with Crippen LogP contribution in [-0.4, -0.2) is 38.0 Å². The third-order valence-electron chi connectivity index (χ3n) is 5.68. The number of aromatic carboxylic acids is 1. The minimum Gasteiger partial charge on any atom is -0.478 e. The van der Waals surface area contributed by atoms with Gasteiger partial charge in [-0.1, -0.05) is 36.4 Å². The van der Waals surface area contributed by atoms with Crippen molar-refractivity contribution < 1.29 is 19.5 Å². The van der Waals surface area contributed by atoms with Crippen LogP contribution in [0.2, 0.25) is 0 Å². The van der Waals surface area contributed by atoms with E-state index in [-0.39, 0.29) is 34.0 Å². The highest BCUT2D eigenvalue weighted by Gasteiger charge is 2.19. The van der Waals surface area contributed by atoms with Gasteiger partial charge in [0.1, 0.15) is 5.69 Å². The Morgan fingerprint density at radius 3 is 2.27 bits per heavy atom. The number of rotatable bonds is 8. The maximum absolute atomic E-state index is 13.0. The smallest absolute Gasteiger partial charge is 0.336 e. The predicted molar refractivity (Wildman–Crippen MR) is 143 cm³/mol. The van der Waals surface area contributed by atoms with Gasteiger partial charge in [0.05, 0.1) is 28.3 Å². The standard InChI is InChI=1S/C27H24N4O5S/c1-17-24(26(34)31(30(17)2)19-10-4-3-5-11-19)29-23(32)16-37-20-12-8-9-18(15-20)28-25(33)21-13-6-7-14-22(21)27(35)36/h3-15H,16H2,1-2H3,(H,28,33)(H,29,32)(H,35,36). The summed E-state index contributed by atoms with van der Waals surface area (Å²) < 4.78 is 3.18. The summed E-state index contributed by atoms with van der Waals surface area (Å²) in [5.74, 6) is -2.04. The molecule has 188 valence electrons. The normalized spacial score (nSPS) is 10.6. The Labute approximate surface area is 216 Å². The summed E-state index contributed by atoms with van der Waals surface area (Å²) in [5, 5.41) is 14.7. The van der Waals surface area contributed by atoms with Crippen molar-refractivity contribution in [3.8, 4) is 5.69 Å². The fourth-order valence-electron chi connectivity index (χ4n) is 3.77. The monoisotopic (exact) mass is 516 g/mol. The van der Waals surface area contributed by atoms with Crippen molar-refractivity contribution in [2.75, 3.05) is 16.4 Å². The van der Waals surface area contributed by atoms with E-state index in [1.807, 2.05) is 30.3 Å². The molecule has 0 bridgehead atoms. The predicted octanol–water partition coefficient (Wildman–Crippen LogP) is 4.17. The van der Waals surface area contributed by atoms with Crippen molar-refractivity contribution in [1.82, 2.24) is 9.36 Å². The lowest BCUT2D eigenvalue weighted by atomic mass is 10.1. The highest BCUT2D eigenvalue weighted by atomic mass is 32.2. The Morgan fingerprint density at radius 1 is 0.892 bits per heavy atom. The molecule has 0 aliphatic heterocycles. The van der Waals surface area contributed by atoms with Crippen LogP contribution in [0.5, 0.6) is 0 Å². The number of benzene rings is 3. The molecule has 0 aliphatic rings. The van der Waals surface area contributed by atoms with Gasteiger partial charge in [-0.15, -0.1) is 11.8 Å². The summed E-state index contributed by atoms with van der Waals surface area (Å²) in [5.41, 5.74) is 1.62. The molecule has 3 N–H and O–H groups in total. The molecule has 0 radical (unpaired) electrons. The Balaban J connectivity index is 1.42. The second kappa shape index (κ2) is 11.0. The van der Waals surface area contributed by atoms with Gasteiger partial charge in [-0.05, 0) is 49.4 Å². The van der Waals surface area contributed by atoms with Crippen molar-refractivity contribution in [3.05, 3.63) is 106 Å². The molecule has 10 heteroatoms. The number of carboxylic acid groups (broad SMARTS) is 1. The van der Waals surface area contributed by atoms with Gasteiger partial charge in [0.15, 0.2) is 0 Å². The average Bonchev–Trinajstić information content (AvgIpc) is 3.11. The number of hydrogen-bond acceptors (Lipinski definition) is 5. The SMILES string of the molecule is Cc1c(NC(=O)CSc2cccc(NC(=O)c3ccccc3C(=O)O)c2)c(=O)n(-c2ccccc2)n1C. The average molecular weight is 517 g/mol. The first-order chi connectivity index (χ1) is 17.8. The summed E-state index contributed by atoms with van der Waals surface area (Å²) in [6.45, 7) is 1.76. The zero-order chi connectivity index (χ0) is 26.5. The van der Waals surface area contributed by atoms with Gasteiger partial charge in [-0.25, -0.2) is 9.48 Å². The molecule has 3 aromatic carbocycles. The van der Waals surface area contributed by atoms with Crippen LogP contribution in [0.4, 0.5) is 11.4 Å². The van der Waals surface area contributed by atoms with E-state index in [0.29, 0.717) is 22.0 Å². The van der Waals surface area contributed by atoms with Gasteiger partial charge < -0.3 is 15.7 Å². The van der Waals surface area contributed by atoms with Crippen LogP contribution in [0.15, 0.2) is 88.6 Å². The topological polar surface area (TPSA) is 122 Å². The number of nitrogens with zero attached hydrogens (tertiary/aromatic N) is 2. The van der Waals surface area contributed by atoms with E-state index in [4.69, 9.17) is 0 Å². The molecular formula is C27H24N4O5S. The number of anilines is 2. The number of carboxylic acids is 1. The Bertz CT molecular complexity index is 1540. The summed E-state index contributed by atoms with van der Waals surface area (Å²) in [6, 6.07) is 22.0. The molecule has 0 fully saturated rings. The largest absolute Gasteiger partial charge is 0.478 e. The molecule has 0 aliphatic carbocycles. The molecule has 4 aromatic rings. The van der Waals surface area contributed by atoms with Crippen LogP contribution in [0.1, 0.15) is 26.4 Å². The van der Waals surface area contributed by atoms with Crippen LogP contribution in [0, 0.1) is 6.92 Å². The molecule has 37 heavy (non-hydrogen) atoms. The first-order valence-electron chi connectivity index (χ1n) is 11.3. The fourth-order valence-corrected chi connectivity index (χ4v) is 4.52. The quantitative estimate of drug-likeness (QED) is 0.302. The molecule has 1 aromatic heterocycles. The maximum atomic E-state index is 13.0. The van der Waals surface area contributed by atoms with Gasteiger partial charge in [0.25, 0.3) is 11.5 Å². The van der Waals surface area contributed by atoms with Crippen LogP contribution in [0.3, 0.4) is 0 Å². The number of carbonyl (C=O) groups excluding carboxylic acids is 2. The minimum absolute atomic E-state index is 0.0400. The Kier molecular flexibility index (Phi) is 7.59. The van der Waals surface area contributed by atoms with Crippen molar-refractivity contribution in [2.45, 2.75) is 11.8 Å². The second-order valence-corrected chi connectivity index (χ2v) is 9.15. The lowest BCUT2D eigenvalue weighted by molar-refractivity contribution is -0.113. The van der Waals surface area contributed by atoms with Gasteiger partial charge >= 0.3 is 5.97 Å². The summed E-state index contributed by atoms with van der Waals surface area (Å²) >= 11 is 1.24. The fraction of sp³-hybridized carbons (Fsp3) is 0.111. The van der Waals surface area contributed by atoms with E-state index < -0.39 is 11.9 Å². The molecule has 1 heterocycles. The molecule has 9 nitrogen and oxygen atoms in total. The number of hydrogen-bond donors (Lipinski definition) is 3. The zero-order valence-corrected chi connectivity index (χ0v) is 20.9. The first-order valence-corrected chi connectivity index (χ1v) is 12.2. The van der Waals surface area contributed by atoms with Crippen molar-refractivity contribution >= 4 is 40.9 Å². The maximum Gasteiger partial charge on any atom is 0.336 e. The second-order valence-electron chi connectivity index (χ2n) is 8.11. The molecule has 0 spiro atoms. The number of nitrogens with one attached hydrogen (secondary N) is 2. The van der Waals surface area contributed by atoms with Crippen molar-refractivity contribution in [3.63, 3.8) is 0 Å². The third-order valence-corrected chi connectivity index (χ3v) is 6.68. The number of carbonyl (C=O) groups is 3. The van der Waals surface area contributed by atoms with Gasteiger partial charge in [0.2, 0.25) is 5.91 Å². The highest BCUT2D eigenvalue weighted by Crippen LogP contribution is 2.23. The molecular weight excluding hydrogens is 492 g/mol. The number of para-hydroxylation sites is 1. The molecule has 4 rings (SSSR count). The van der Waals surface area contributed by atoms with Gasteiger partial charge in [-0.2, -0.15) is 0 Å². The van der Waals surface area contributed by atoms with E-state index in [1.165, 1.54) is 28.6 Å². The summed E-state index contributed by atoms with van der Waals surface area (Å²) in [4.78, 5) is 50.4. The molecule has 2 amide bonds. The van der Waals surface area contributed by atoms with Crippen LogP contribution >= 0.6 is 11.8 Å². The molecule has 0 unspecified atom stereocenters. The number of aromatic nitrogens is 2. The number of amides is 2. The van der Waals surface area contributed by atoms with Crippen LogP contribution in [0.25, 0.3) is 5.69 Å². The lowest BCUT2D eigenvalue weighted by Gasteiger charge is -2.09. The molecule has 0 saturated heterocycles.